The summed E-state index contributed by atoms with van der Waals surface area (Å²) in [6, 6.07) is 21.9. The van der Waals surface area contributed by atoms with Gasteiger partial charge in [0.2, 0.25) is 0 Å². The number of hydrogen-bond donors (Lipinski definition) is 2. The number of aliphatic carboxylic acids is 2. The number of nitrogens with zero attached hydrogens (tertiary/aromatic N) is 1. The molecule has 7 heteroatoms. The molecule has 0 fully saturated rings. The van der Waals surface area contributed by atoms with E-state index in [1.54, 1.807) is 0 Å². The lowest BCUT2D eigenvalue weighted by Crippen LogP contribution is -2.02. The van der Waals surface area contributed by atoms with Crippen molar-refractivity contribution in [1.82, 2.24) is 4.57 Å². The number of rotatable bonds is 16. The van der Waals surface area contributed by atoms with Gasteiger partial charge in [0.25, 0.3) is 0 Å². The van der Waals surface area contributed by atoms with Gasteiger partial charge in [-0.25, -0.2) is 0 Å². The maximum atomic E-state index is 11.5. The largest absolute Gasteiger partial charge is 0.494 e. The molecule has 4 rings (SSSR count). The molecule has 1 aromatic heterocycles. The van der Waals surface area contributed by atoms with E-state index in [9.17, 15) is 14.7 Å². The lowest BCUT2D eigenvalue weighted by molar-refractivity contribution is -0.137. The number of carboxylic acid groups (broad SMARTS) is 2. The van der Waals surface area contributed by atoms with Crippen molar-refractivity contribution in [2.75, 3.05) is 13.2 Å². The van der Waals surface area contributed by atoms with Crippen molar-refractivity contribution in [3.05, 3.63) is 95.2 Å². The van der Waals surface area contributed by atoms with E-state index in [2.05, 4.69) is 19.1 Å². The van der Waals surface area contributed by atoms with Gasteiger partial charge in [0, 0.05) is 30.1 Å². The highest BCUT2D eigenvalue weighted by molar-refractivity contribution is 5.96. The van der Waals surface area contributed by atoms with E-state index in [-0.39, 0.29) is 12.8 Å². The molecule has 3 aromatic carbocycles. The highest BCUT2D eigenvalue weighted by atomic mass is 16.5. The molecule has 0 saturated heterocycles. The van der Waals surface area contributed by atoms with Gasteiger partial charge in [-0.2, -0.15) is 0 Å². The van der Waals surface area contributed by atoms with Crippen molar-refractivity contribution in [2.24, 2.45) is 0 Å². The summed E-state index contributed by atoms with van der Waals surface area (Å²) < 4.78 is 13.6. The van der Waals surface area contributed by atoms with Crippen LogP contribution in [0.15, 0.2) is 72.9 Å². The number of carbonyl (C=O) groups is 2. The third-order valence-electron chi connectivity index (χ3n) is 6.89. The smallest absolute Gasteiger partial charge is 0.307 e. The van der Waals surface area contributed by atoms with Crippen molar-refractivity contribution in [1.29, 1.82) is 0 Å². The molecule has 0 aliphatic rings. The average Bonchev–Trinajstić information content (AvgIpc) is 3.31. The number of aromatic nitrogens is 1. The Morgan fingerprint density at radius 3 is 2.07 bits per heavy atom. The van der Waals surface area contributed by atoms with Crippen LogP contribution in [0, 0.1) is 0 Å². The van der Waals surface area contributed by atoms with E-state index >= 15 is 0 Å². The molecule has 0 atom stereocenters. The second-order valence-electron chi connectivity index (χ2n) is 9.96. The van der Waals surface area contributed by atoms with Crippen molar-refractivity contribution in [2.45, 2.75) is 52.0 Å². The Morgan fingerprint density at radius 2 is 1.46 bits per heavy atom. The van der Waals surface area contributed by atoms with E-state index in [0.29, 0.717) is 31.7 Å². The molecule has 1 heterocycles. The average molecular weight is 556 g/mol. The fourth-order valence-corrected chi connectivity index (χ4v) is 4.76. The Labute approximate surface area is 240 Å². The van der Waals surface area contributed by atoms with E-state index < -0.39 is 11.9 Å². The molecular weight excluding hydrogens is 518 g/mol. The first-order valence-electron chi connectivity index (χ1n) is 14.1. The molecular formula is C34H37NO6. The number of benzene rings is 3. The molecule has 0 saturated carbocycles. The van der Waals surface area contributed by atoms with Crippen LogP contribution in [-0.4, -0.2) is 39.9 Å². The molecule has 4 aromatic rings. The van der Waals surface area contributed by atoms with E-state index in [0.717, 1.165) is 52.8 Å². The maximum absolute atomic E-state index is 11.5. The summed E-state index contributed by atoms with van der Waals surface area (Å²) in [6.45, 7) is 3.92. The fraction of sp³-hybridized carbons (Fsp3) is 0.294. The van der Waals surface area contributed by atoms with Crippen molar-refractivity contribution in [3.63, 3.8) is 0 Å². The number of ether oxygens (including phenoxy) is 2. The Hall–Kier alpha value is -4.52. The van der Waals surface area contributed by atoms with Gasteiger partial charge in [-0.05, 0) is 78.3 Å². The van der Waals surface area contributed by atoms with Crippen LogP contribution < -0.4 is 9.47 Å². The molecule has 0 radical (unpaired) electrons. The van der Waals surface area contributed by atoms with E-state index in [1.807, 2.05) is 77.5 Å². The first-order valence-corrected chi connectivity index (χ1v) is 14.1. The molecule has 0 amide bonds. The third kappa shape index (κ3) is 8.73. The van der Waals surface area contributed by atoms with E-state index in [1.165, 1.54) is 5.56 Å². The van der Waals surface area contributed by atoms with Crippen LogP contribution in [0.25, 0.3) is 23.1 Å². The van der Waals surface area contributed by atoms with Crippen LogP contribution in [0.2, 0.25) is 0 Å². The second-order valence-corrected chi connectivity index (χ2v) is 9.96. The van der Waals surface area contributed by atoms with E-state index in [4.69, 9.17) is 14.6 Å². The number of carboxylic acids is 2. The molecule has 0 aliphatic heterocycles. The summed E-state index contributed by atoms with van der Waals surface area (Å²) in [5.74, 6) is -0.0406. The second kappa shape index (κ2) is 14.7. The zero-order valence-electron chi connectivity index (χ0n) is 23.4. The van der Waals surface area contributed by atoms with Gasteiger partial charge in [0.15, 0.2) is 0 Å². The Balaban J connectivity index is 1.32. The molecule has 2 N–H and O–H groups in total. The van der Waals surface area contributed by atoms with Crippen LogP contribution in [0.4, 0.5) is 0 Å². The Morgan fingerprint density at radius 1 is 0.805 bits per heavy atom. The molecule has 41 heavy (non-hydrogen) atoms. The zero-order chi connectivity index (χ0) is 29.0. The first-order chi connectivity index (χ1) is 19.9. The van der Waals surface area contributed by atoms with Crippen molar-refractivity contribution < 1.29 is 29.3 Å². The number of aryl methyl sites for hydroxylation is 2. The Kier molecular flexibility index (Phi) is 10.6. The van der Waals surface area contributed by atoms with Crippen LogP contribution in [0.3, 0.4) is 0 Å². The lowest BCUT2D eigenvalue weighted by atomic mass is 10.0. The normalized spacial score (nSPS) is 11.2. The number of fused-ring (bicyclic) bond motifs is 1. The van der Waals surface area contributed by atoms with Crippen LogP contribution in [-0.2, 0) is 29.0 Å². The predicted octanol–water partition coefficient (Wildman–Crippen LogP) is 7.10. The number of unbranched alkanes of at least 4 members (excludes halogenated alkanes) is 1. The minimum absolute atomic E-state index is 0.0652. The monoisotopic (exact) mass is 555 g/mol. The first kappa shape index (κ1) is 29.5. The topological polar surface area (TPSA) is 98.0 Å². The zero-order valence-corrected chi connectivity index (χ0v) is 23.4. The summed E-state index contributed by atoms with van der Waals surface area (Å²) in [5.41, 5.74) is 4.83. The minimum atomic E-state index is -0.904. The molecule has 7 nitrogen and oxygen atoms in total. The van der Waals surface area contributed by atoms with Crippen molar-refractivity contribution in [3.8, 4) is 11.5 Å². The van der Waals surface area contributed by atoms with Crippen LogP contribution in [0.5, 0.6) is 11.5 Å². The fourth-order valence-electron chi connectivity index (χ4n) is 4.76. The molecule has 0 spiro atoms. The summed E-state index contributed by atoms with van der Waals surface area (Å²) in [6.07, 6.45) is 9.08. The number of hydrogen-bond acceptors (Lipinski definition) is 4. The third-order valence-corrected chi connectivity index (χ3v) is 6.89. The van der Waals surface area contributed by atoms with Crippen LogP contribution >= 0.6 is 0 Å². The van der Waals surface area contributed by atoms with Gasteiger partial charge < -0.3 is 24.3 Å². The standard InChI is InChI=1S/C34H37NO6/c1-2-25-11-16-29(17-12-25)40-21-3-4-22-41-30-18-13-26(14-19-30)10-15-27-7-5-8-31-34(27)28(23-33(38)39)24-35(31)20-6-9-32(36)37/h5,7-8,10-19,24H,2-4,6,9,20-23H2,1H3,(H,36,37)(H,38,39)/b15-10+. The molecule has 214 valence electrons. The van der Waals surface area contributed by atoms with Gasteiger partial charge in [0.05, 0.1) is 19.6 Å². The van der Waals surface area contributed by atoms with Gasteiger partial charge in [0.1, 0.15) is 11.5 Å². The highest BCUT2D eigenvalue weighted by Crippen LogP contribution is 2.28. The van der Waals surface area contributed by atoms with Crippen molar-refractivity contribution >= 4 is 35.0 Å². The van der Waals surface area contributed by atoms with Gasteiger partial charge in [-0.1, -0.05) is 55.5 Å². The quantitative estimate of drug-likeness (QED) is 0.113. The molecule has 0 aliphatic carbocycles. The SMILES string of the molecule is CCc1ccc(OCCCCOc2ccc(/C=C/c3cccc4c3c(CC(=O)O)cn4CCCC(=O)O)cc2)cc1. The van der Waals surface area contributed by atoms with Gasteiger partial charge in [-0.15, -0.1) is 0 Å². The lowest BCUT2D eigenvalue weighted by Gasteiger charge is -2.08. The summed E-state index contributed by atoms with van der Waals surface area (Å²) >= 11 is 0. The van der Waals surface area contributed by atoms with Gasteiger partial charge >= 0.3 is 11.9 Å². The highest BCUT2D eigenvalue weighted by Gasteiger charge is 2.14. The molecule has 0 bridgehead atoms. The van der Waals surface area contributed by atoms with Gasteiger partial charge in [-0.3, -0.25) is 9.59 Å². The summed E-state index contributed by atoms with van der Waals surface area (Å²) in [4.78, 5) is 22.5. The van der Waals surface area contributed by atoms with Crippen LogP contribution in [0.1, 0.15) is 54.9 Å². The summed E-state index contributed by atoms with van der Waals surface area (Å²) in [7, 11) is 0. The minimum Gasteiger partial charge on any atom is -0.494 e. The maximum Gasteiger partial charge on any atom is 0.307 e. The Bertz CT molecular complexity index is 1470. The summed E-state index contributed by atoms with van der Waals surface area (Å²) in [5, 5.41) is 19.3. The molecule has 0 unspecified atom stereocenters. The predicted molar refractivity (Wildman–Crippen MR) is 162 cm³/mol.